The van der Waals surface area contributed by atoms with Crippen LogP contribution in [0.4, 0.5) is 5.82 Å². The summed E-state index contributed by atoms with van der Waals surface area (Å²) in [5.74, 6) is 2.86. The third-order valence-electron chi connectivity index (χ3n) is 3.39. The number of aliphatic hydroxyl groups excluding tert-OH is 1. The number of thioether (sulfide) groups is 1. The number of carbonyl (C=O) groups is 1. The lowest BCUT2D eigenvalue weighted by molar-refractivity contribution is 0.0994. The van der Waals surface area contributed by atoms with Crippen molar-refractivity contribution in [1.29, 1.82) is 0 Å². The van der Waals surface area contributed by atoms with Crippen molar-refractivity contribution in [1.82, 2.24) is 4.98 Å². The number of hydrogen-bond donors (Lipinski definition) is 2. The quantitative estimate of drug-likeness (QED) is 0.725. The summed E-state index contributed by atoms with van der Waals surface area (Å²) in [6.07, 6.45) is 3.28. The highest BCUT2D eigenvalue weighted by Crippen LogP contribution is 2.19. The minimum Gasteiger partial charge on any atom is -0.456 e. The molecule has 0 saturated heterocycles. The summed E-state index contributed by atoms with van der Waals surface area (Å²) in [7, 11) is 0. The predicted molar refractivity (Wildman–Crippen MR) is 92.9 cm³/mol. The van der Waals surface area contributed by atoms with Gasteiger partial charge >= 0.3 is 0 Å². The van der Waals surface area contributed by atoms with Gasteiger partial charge in [-0.2, -0.15) is 11.8 Å². The molecule has 0 saturated carbocycles. The second-order valence-corrected chi connectivity index (χ2v) is 6.15. The number of hydrogen-bond acceptors (Lipinski definition) is 5. The van der Waals surface area contributed by atoms with E-state index in [4.69, 9.17) is 9.52 Å². The van der Waals surface area contributed by atoms with Gasteiger partial charge < -0.3 is 14.8 Å². The topological polar surface area (TPSA) is 75.4 Å². The maximum absolute atomic E-state index is 12.3. The van der Waals surface area contributed by atoms with Crippen LogP contribution >= 0.6 is 11.8 Å². The van der Waals surface area contributed by atoms with Gasteiger partial charge in [-0.3, -0.25) is 4.79 Å². The molecule has 5 nitrogen and oxygen atoms in total. The molecule has 0 aliphatic rings. The Labute approximate surface area is 140 Å². The molecule has 0 spiro atoms. The third-order valence-corrected chi connectivity index (χ3v) is 4.40. The van der Waals surface area contributed by atoms with Gasteiger partial charge in [-0.25, -0.2) is 4.98 Å². The number of nitrogens with one attached hydrogen (secondary N) is 1. The van der Waals surface area contributed by atoms with Gasteiger partial charge in [-0.1, -0.05) is 13.8 Å². The minimum absolute atomic E-state index is 0.164. The Kier molecular flexibility index (Phi) is 6.67. The van der Waals surface area contributed by atoms with E-state index in [9.17, 15) is 4.79 Å². The van der Waals surface area contributed by atoms with Crippen LogP contribution in [0.3, 0.4) is 0 Å². The van der Waals surface area contributed by atoms with Crippen LogP contribution in [-0.4, -0.2) is 28.4 Å². The average Bonchev–Trinajstić information content (AvgIpc) is 2.99. The molecule has 0 atom stereocenters. The molecule has 2 N–H and O–H groups in total. The van der Waals surface area contributed by atoms with Crippen LogP contribution in [0.15, 0.2) is 28.8 Å². The summed E-state index contributed by atoms with van der Waals surface area (Å²) in [4.78, 5) is 16.5. The van der Waals surface area contributed by atoms with Crippen LogP contribution in [0.2, 0.25) is 0 Å². The first kappa shape index (κ1) is 17.6. The zero-order valence-electron chi connectivity index (χ0n) is 13.5. The minimum atomic E-state index is -0.285. The number of nitrogens with zero attached hydrogens (tertiary/aromatic N) is 1. The largest absolute Gasteiger partial charge is 0.456 e. The van der Waals surface area contributed by atoms with Crippen molar-refractivity contribution in [3.05, 3.63) is 47.0 Å². The number of furan rings is 1. The smallest absolute Gasteiger partial charge is 0.292 e. The van der Waals surface area contributed by atoms with Crippen molar-refractivity contribution in [3.63, 3.8) is 0 Å². The molecule has 0 aromatic carbocycles. The van der Waals surface area contributed by atoms with Crippen molar-refractivity contribution in [3.8, 4) is 0 Å². The van der Waals surface area contributed by atoms with Gasteiger partial charge in [0, 0.05) is 24.1 Å². The van der Waals surface area contributed by atoms with Crippen LogP contribution in [0.25, 0.3) is 0 Å². The van der Waals surface area contributed by atoms with E-state index >= 15 is 0 Å². The molecule has 0 unspecified atom stereocenters. The first-order valence-corrected chi connectivity index (χ1v) is 8.89. The van der Waals surface area contributed by atoms with Crippen molar-refractivity contribution in [2.24, 2.45) is 0 Å². The molecule has 0 bridgehead atoms. The van der Waals surface area contributed by atoms with E-state index in [1.807, 2.05) is 26.0 Å². The van der Waals surface area contributed by atoms with Gasteiger partial charge in [-0.05, 0) is 35.7 Å². The summed E-state index contributed by atoms with van der Waals surface area (Å²) in [5, 5.41) is 11.6. The summed E-state index contributed by atoms with van der Waals surface area (Å²) in [6, 6.07) is 5.54. The number of anilines is 1. The Hall–Kier alpha value is -1.79. The Balaban J connectivity index is 2.05. The lowest BCUT2D eigenvalue weighted by atomic mass is 10.1. The zero-order valence-corrected chi connectivity index (χ0v) is 14.3. The summed E-state index contributed by atoms with van der Waals surface area (Å²) < 4.78 is 5.63. The van der Waals surface area contributed by atoms with E-state index in [0.29, 0.717) is 17.3 Å². The number of aryl methyl sites for hydroxylation is 2. The highest BCUT2D eigenvalue weighted by molar-refractivity contribution is 7.98. The maximum Gasteiger partial charge on any atom is 0.292 e. The first-order valence-electron chi connectivity index (χ1n) is 7.74. The molecule has 0 fully saturated rings. The normalized spacial score (nSPS) is 10.7. The van der Waals surface area contributed by atoms with Crippen LogP contribution in [0.5, 0.6) is 0 Å². The molecule has 2 aromatic rings. The molecule has 0 radical (unpaired) electrons. The van der Waals surface area contributed by atoms with Gasteiger partial charge in [0.2, 0.25) is 0 Å². The molecular formula is C17H22N2O3S. The molecular weight excluding hydrogens is 312 g/mol. The number of aliphatic hydroxyl groups is 1. The van der Waals surface area contributed by atoms with E-state index in [1.165, 1.54) is 0 Å². The molecule has 23 heavy (non-hydrogen) atoms. The Bertz CT molecular complexity index is 634. The van der Waals surface area contributed by atoms with Gasteiger partial charge in [0.25, 0.3) is 5.91 Å². The predicted octanol–water partition coefficient (Wildman–Crippen LogP) is 3.28. The van der Waals surface area contributed by atoms with Crippen molar-refractivity contribution < 1.29 is 14.3 Å². The first-order chi connectivity index (χ1) is 11.2. The lowest BCUT2D eigenvalue weighted by Gasteiger charge is -2.05. The molecule has 1 amide bonds. The molecule has 2 rings (SSSR count). The van der Waals surface area contributed by atoms with E-state index in [0.717, 1.165) is 35.5 Å². The van der Waals surface area contributed by atoms with Crippen LogP contribution in [0.1, 0.15) is 41.3 Å². The number of pyridine rings is 1. The molecule has 0 aliphatic heterocycles. The fourth-order valence-electron chi connectivity index (χ4n) is 2.24. The number of aromatic nitrogens is 1. The average molecular weight is 334 g/mol. The third kappa shape index (κ3) is 4.84. The molecule has 2 aromatic heterocycles. The second-order valence-electron chi connectivity index (χ2n) is 5.05. The van der Waals surface area contributed by atoms with Crippen LogP contribution < -0.4 is 5.32 Å². The van der Waals surface area contributed by atoms with Gasteiger partial charge in [0.05, 0.1) is 6.61 Å². The molecule has 6 heteroatoms. The van der Waals surface area contributed by atoms with Crippen LogP contribution in [0, 0.1) is 0 Å². The lowest BCUT2D eigenvalue weighted by Crippen LogP contribution is -2.12. The van der Waals surface area contributed by atoms with Gasteiger partial charge in [0.1, 0.15) is 11.6 Å². The van der Waals surface area contributed by atoms with Gasteiger partial charge in [0.15, 0.2) is 5.76 Å². The Morgan fingerprint density at radius 1 is 1.35 bits per heavy atom. The molecule has 2 heterocycles. The number of amides is 1. The summed E-state index contributed by atoms with van der Waals surface area (Å²) in [5.41, 5.74) is 2.12. The van der Waals surface area contributed by atoms with Crippen molar-refractivity contribution >= 4 is 23.5 Å². The van der Waals surface area contributed by atoms with E-state index in [2.05, 4.69) is 10.3 Å². The Morgan fingerprint density at radius 3 is 2.83 bits per heavy atom. The zero-order chi connectivity index (χ0) is 16.7. The SMILES string of the molecule is CCc1cc(C(=O)Nc2cc(CSCCO)ccn2)oc1CC. The highest BCUT2D eigenvalue weighted by Gasteiger charge is 2.15. The number of rotatable bonds is 8. The number of carbonyl (C=O) groups excluding carboxylic acids is 1. The maximum atomic E-state index is 12.3. The molecule has 124 valence electrons. The van der Waals surface area contributed by atoms with E-state index < -0.39 is 0 Å². The van der Waals surface area contributed by atoms with Crippen LogP contribution in [-0.2, 0) is 18.6 Å². The highest BCUT2D eigenvalue weighted by atomic mass is 32.2. The van der Waals surface area contributed by atoms with Crippen molar-refractivity contribution in [2.45, 2.75) is 32.4 Å². The van der Waals surface area contributed by atoms with E-state index in [1.54, 1.807) is 24.0 Å². The summed E-state index contributed by atoms with van der Waals surface area (Å²) >= 11 is 1.63. The van der Waals surface area contributed by atoms with Crippen molar-refractivity contribution in [2.75, 3.05) is 17.7 Å². The van der Waals surface area contributed by atoms with E-state index in [-0.39, 0.29) is 12.5 Å². The summed E-state index contributed by atoms with van der Waals surface area (Å²) in [6.45, 7) is 4.22. The standard InChI is InChI=1S/C17H22N2O3S/c1-3-13-10-15(22-14(13)4-2)17(21)19-16-9-12(5-6-18-16)11-23-8-7-20/h5-6,9-10,20H,3-4,7-8,11H2,1-2H3,(H,18,19,21). The van der Waals surface area contributed by atoms with Gasteiger partial charge in [-0.15, -0.1) is 0 Å². The fraction of sp³-hybridized carbons (Fsp3) is 0.412. The monoisotopic (exact) mass is 334 g/mol. The fourth-order valence-corrected chi connectivity index (χ4v) is 2.93. The molecule has 0 aliphatic carbocycles. The Morgan fingerprint density at radius 2 is 2.17 bits per heavy atom. The second kappa shape index (κ2) is 8.74.